The fourth-order valence-electron chi connectivity index (χ4n) is 3.14. The third-order valence-corrected chi connectivity index (χ3v) is 5.04. The number of hydrogen-bond acceptors (Lipinski definition) is 5. The number of nitrogens with zero attached hydrogens (tertiary/aromatic N) is 3. The van der Waals surface area contributed by atoms with Crippen LogP contribution in [0, 0.1) is 6.92 Å². The molecule has 128 valence electrons. The van der Waals surface area contributed by atoms with Crippen molar-refractivity contribution < 1.29 is 9.90 Å². The molecule has 0 saturated carbocycles. The number of amides is 1. The van der Waals surface area contributed by atoms with Crippen LogP contribution in [0.4, 0.5) is 5.69 Å². The molecule has 2 aromatic rings. The van der Waals surface area contributed by atoms with E-state index in [4.69, 9.17) is 0 Å². The zero-order chi connectivity index (χ0) is 16.9. The molecule has 0 aliphatic carbocycles. The van der Waals surface area contributed by atoms with Gasteiger partial charge in [0, 0.05) is 30.4 Å². The van der Waals surface area contributed by atoms with Crippen molar-refractivity contribution in [1.82, 2.24) is 9.88 Å². The molecule has 24 heavy (non-hydrogen) atoms. The van der Waals surface area contributed by atoms with Gasteiger partial charge in [-0.3, -0.25) is 9.69 Å². The van der Waals surface area contributed by atoms with Gasteiger partial charge in [0.15, 0.2) is 0 Å². The number of anilines is 1. The highest BCUT2D eigenvalue weighted by Gasteiger charge is 2.24. The molecule has 0 radical (unpaired) electrons. The van der Waals surface area contributed by atoms with E-state index in [0.717, 1.165) is 30.1 Å². The number of aromatic nitrogens is 1. The highest BCUT2D eigenvalue weighted by molar-refractivity contribution is 7.09. The number of fused-ring (bicyclic) bond motifs is 1. The van der Waals surface area contributed by atoms with Gasteiger partial charge in [0.25, 0.3) is 0 Å². The van der Waals surface area contributed by atoms with E-state index in [1.54, 1.807) is 17.5 Å². The molecule has 0 fully saturated rings. The summed E-state index contributed by atoms with van der Waals surface area (Å²) in [5.41, 5.74) is 3.52. The van der Waals surface area contributed by atoms with Crippen molar-refractivity contribution in [1.29, 1.82) is 0 Å². The minimum absolute atomic E-state index is 0.0361. The second-order valence-electron chi connectivity index (χ2n) is 6.14. The third kappa shape index (κ3) is 4.01. The molecule has 2 heterocycles. The van der Waals surface area contributed by atoms with Crippen molar-refractivity contribution in [3.8, 4) is 0 Å². The molecule has 1 aliphatic rings. The van der Waals surface area contributed by atoms with Crippen LogP contribution in [0.2, 0.25) is 0 Å². The van der Waals surface area contributed by atoms with E-state index in [0.29, 0.717) is 19.6 Å². The number of benzene rings is 1. The van der Waals surface area contributed by atoms with Crippen molar-refractivity contribution in [2.75, 3.05) is 31.1 Å². The van der Waals surface area contributed by atoms with Gasteiger partial charge in [-0.05, 0) is 31.4 Å². The number of aryl methyl sites for hydroxylation is 2. The van der Waals surface area contributed by atoms with Crippen LogP contribution >= 0.6 is 11.3 Å². The van der Waals surface area contributed by atoms with E-state index in [1.165, 1.54) is 11.1 Å². The molecule has 0 saturated heterocycles. The highest BCUT2D eigenvalue weighted by Crippen LogP contribution is 2.28. The Kier molecular flexibility index (Phi) is 5.60. The molecule has 6 heteroatoms. The summed E-state index contributed by atoms with van der Waals surface area (Å²) in [5, 5.41) is 12.2. The molecule has 5 nitrogen and oxygen atoms in total. The van der Waals surface area contributed by atoms with Crippen LogP contribution in [0.1, 0.15) is 22.6 Å². The molecular formula is C18H23N3O2S. The summed E-state index contributed by atoms with van der Waals surface area (Å²) in [5.74, 6) is 0.0878. The van der Waals surface area contributed by atoms with Crippen LogP contribution in [-0.2, 0) is 17.8 Å². The van der Waals surface area contributed by atoms with E-state index in [2.05, 4.69) is 30.1 Å². The molecule has 1 N–H and O–H groups in total. The lowest BCUT2D eigenvalue weighted by Gasteiger charge is -2.31. The molecule has 0 unspecified atom stereocenters. The van der Waals surface area contributed by atoms with Crippen LogP contribution < -0.4 is 4.90 Å². The Morgan fingerprint density at radius 3 is 3.08 bits per heavy atom. The first-order valence-electron chi connectivity index (χ1n) is 8.29. The summed E-state index contributed by atoms with van der Waals surface area (Å²) in [4.78, 5) is 21.0. The average Bonchev–Trinajstić information content (AvgIpc) is 3.07. The fourth-order valence-corrected chi connectivity index (χ4v) is 3.80. The Hall–Kier alpha value is -1.76. The summed E-state index contributed by atoms with van der Waals surface area (Å²) < 4.78 is 0. The lowest BCUT2D eigenvalue weighted by Crippen LogP contribution is -2.43. The van der Waals surface area contributed by atoms with Crippen molar-refractivity contribution in [2.45, 2.75) is 26.3 Å². The Labute approximate surface area is 146 Å². The van der Waals surface area contributed by atoms with Crippen molar-refractivity contribution in [3.63, 3.8) is 0 Å². The van der Waals surface area contributed by atoms with Crippen molar-refractivity contribution in [3.05, 3.63) is 45.9 Å². The smallest absolute Gasteiger partial charge is 0.241 e. The number of aliphatic hydroxyl groups excluding tert-OH is 1. The molecule has 0 bridgehead atoms. The van der Waals surface area contributed by atoms with E-state index >= 15 is 0 Å². The van der Waals surface area contributed by atoms with Gasteiger partial charge in [-0.25, -0.2) is 4.98 Å². The van der Waals surface area contributed by atoms with Gasteiger partial charge in [0.1, 0.15) is 5.01 Å². The minimum Gasteiger partial charge on any atom is -0.395 e. The normalized spacial score (nSPS) is 14.0. The monoisotopic (exact) mass is 345 g/mol. The largest absolute Gasteiger partial charge is 0.395 e. The van der Waals surface area contributed by atoms with Gasteiger partial charge in [-0.1, -0.05) is 17.7 Å². The lowest BCUT2D eigenvalue weighted by atomic mass is 9.99. The van der Waals surface area contributed by atoms with Crippen LogP contribution in [-0.4, -0.2) is 47.1 Å². The lowest BCUT2D eigenvalue weighted by molar-refractivity contribution is -0.120. The number of thiazole rings is 1. The molecule has 0 atom stereocenters. The van der Waals surface area contributed by atoms with Crippen molar-refractivity contribution >= 4 is 22.9 Å². The SMILES string of the molecule is Cc1ccc2c(c1)CCCN2C(=O)CN(CCO)Cc1nccs1. The average molecular weight is 345 g/mol. The standard InChI is InChI=1S/C18H23N3O2S/c1-14-4-5-16-15(11-14)3-2-7-21(16)18(23)13-20(8-9-22)12-17-19-6-10-24-17/h4-6,10-11,22H,2-3,7-9,12-13H2,1H3. The van der Waals surface area contributed by atoms with E-state index in [9.17, 15) is 9.90 Å². The Morgan fingerprint density at radius 2 is 2.33 bits per heavy atom. The second kappa shape index (κ2) is 7.88. The van der Waals surface area contributed by atoms with E-state index in [-0.39, 0.29) is 12.5 Å². The fraction of sp³-hybridized carbons (Fsp3) is 0.444. The summed E-state index contributed by atoms with van der Waals surface area (Å²) in [7, 11) is 0. The zero-order valence-corrected chi connectivity index (χ0v) is 14.8. The first-order chi connectivity index (χ1) is 11.7. The molecule has 3 rings (SSSR count). The maximum atomic E-state index is 12.8. The summed E-state index contributed by atoms with van der Waals surface area (Å²) in [6.45, 7) is 4.25. The third-order valence-electron chi connectivity index (χ3n) is 4.27. The number of carbonyl (C=O) groups excluding carboxylic acids is 1. The van der Waals surface area contributed by atoms with Crippen LogP contribution in [0.15, 0.2) is 29.8 Å². The Morgan fingerprint density at radius 1 is 1.46 bits per heavy atom. The van der Waals surface area contributed by atoms with Gasteiger partial charge < -0.3 is 10.0 Å². The van der Waals surface area contributed by atoms with Crippen molar-refractivity contribution in [2.24, 2.45) is 0 Å². The minimum atomic E-state index is 0.0361. The summed E-state index contributed by atoms with van der Waals surface area (Å²) in [6, 6.07) is 6.29. The van der Waals surface area contributed by atoms with Crippen LogP contribution in [0.5, 0.6) is 0 Å². The first-order valence-corrected chi connectivity index (χ1v) is 9.17. The molecule has 1 aromatic carbocycles. The van der Waals surface area contributed by atoms with Crippen LogP contribution in [0.3, 0.4) is 0 Å². The number of rotatable bonds is 6. The first kappa shape index (κ1) is 17.1. The predicted molar refractivity (Wildman–Crippen MR) is 96.3 cm³/mol. The molecule has 1 aromatic heterocycles. The van der Waals surface area contributed by atoms with Gasteiger partial charge in [0.2, 0.25) is 5.91 Å². The van der Waals surface area contributed by atoms with E-state index in [1.807, 2.05) is 15.2 Å². The topological polar surface area (TPSA) is 56.7 Å². The van der Waals surface area contributed by atoms with Gasteiger partial charge in [-0.2, -0.15) is 0 Å². The molecular weight excluding hydrogens is 322 g/mol. The quantitative estimate of drug-likeness (QED) is 0.872. The number of aliphatic hydroxyl groups is 1. The summed E-state index contributed by atoms with van der Waals surface area (Å²) >= 11 is 1.57. The van der Waals surface area contributed by atoms with Gasteiger partial charge in [0.05, 0.1) is 19.7 Å². The molecule has 1 amide bonds. The Balaban J connectivity index is 1.71. The maximum absolute atomic E-state index is 12.8. The zero-order valence-electron chi connectivity index (χ0n) is 13.9. The van der Waals surface area contributed by atoms with Crippen LogP contribution in [0.25, 0.3) is 0 Å². The van der Waals surface area contributed by atoms with E-state index < -0.39 is 0 Å². The Bertz CT molecular complexity index is 688. The highest BCUT2D eigenvalue weighted by atomic mass is 32.1. The number of hydrogen-bond donors (Lipinski definition) is 1. The molecule has 1 aliphatic heterocycles. The molecule has 0 spiro atoms. The number of carbonyl (C=O) groups is 1. The maximum Gasteiger partial charge on any atom is 0.241 e. The second-order valence-corrected chi connectivity index (χ2v) is 7.12. The van der Waals surface area contributed by atoms with Gasteiger partial charge in [-0.15, -0.1) is 11.3 Å². The van der Waals surface area contributed by atoms with Gasteiger partial charge >= 0.3 is 0 Å². The summed E-state index contributed by atoms with van der Waals surface area (Å²) in [6.07, 6.45) is 3.79. The predicted octanol–water partition coefficient (Wildman–Crippen LogP) is 2.23.